The minimum absolute atomic E-state index is 0.207. The number of amides is 1. The molecule has 1 unspecified atom stereocenters. The van der Waals surface area contributed by atoms with Gasteiger partial charge in [0.2, 0.25) is 0 Å². The lowest BCUT2D eigenvalue weighted by molar-refractivity contribution is 0.0495. The van der Waals surface area contributed by atoms with Gasteiger partial charge < -0.3 is 20.3 Å². The lowest BCUT2D eigenvalue weighted by Crippen LogP contribution is -2.49. The van der Waals surface area contributed by atoms with Gasteiger partial charge in [-0.05, 0) is 72.0 Å². The quantitative estimate of drug-likeness (QED) is 0.791. The van der Waals surface area contributed by atoms with Gasteiger partial charge in [0, 0.05) is 18.6 Å². The van der Waals surface area contributed by atoms with E-state index in [0.717, 1.165) is 13.1 Å². The largest absolute Gasteiger partial charge is 0.444 e. The lowest BCUT2D eigenvalue weighted by atomic mass is 10.0. The molecule has 0 bridgehead atoms. The maximum atomic E-state index is 12.0. The molecule has 0 aromatic rings. The van der Waals surface area contributed by atoms with Gasteiger partial charge in [0.15, 0.2) is 0 Å². The van der Waals surface area contributed by atoms with Gasteiger partial charge in [-0.25, -0.2) is 4.79 Å². The summed E-state index contributed by atoms with van der Waals surface area (Å²) in [4.78, 5) is 14.5. The van der Waals surface area contributed by atoms with E-state index in [4.69, 9.17) is 4.74 Å². The van der Waals surface area contributed by atoms with Crippen molar-refractivity contribution in [3.8, 4) is 0 Å². The first kappa shape index (κ1) is 17.5. The average molecular weight is 311 g/mol. The second-order valence-electron chi connectivity index (χ2n) is 7.71. The summed E-state index contributed by atoms with van der Waals surface area (Å²) in [6.07, 6.45) is 4.56. The van der Waals surface area contributed by atoms with Crippen LogP contribution in [0, 0.1) is 5.92 Å². The summed E-state index contributed by atoms with van der Waals surface area (Å²) in [6.45, 7) is 12.3. The normalized spacial score (nSPS) is 22.4. The van der Waals surface area contributed by atoms with E-state index >= 15 is 0 Å². The molecule has 2 N–H and O–H groups in total. The second-order valence-corrected chi connectivity index (χ2v) is 7.71. The van der Waals surface area contributed by atoms with Gasteiger partial charge >= 0.3 is 6.09 Å². The number of carbonyl (C=O) groups excluding carboxylic acids is 1. The fraction of sp³-hybridized carbons (Fsp3) is 0.941. The first-order valence-corrected chi connectivity index (χ1v) is 8.82. The van der Waals surface area contributed by atoms with Gasteiger partial charge in [-0.15, -0.1) is 0 Å². The van der Waals surface area contributed by atoms with Crippen molar-refractivity contribution in [1.29, 1.82) is 0 Å². The van der Waals surface area contributed by atoms with Crippen molar-refractivity contribution in [1.82, 2.24) is 15.5 Å². The molecule has 128 valence electrons. The van der Waals surface area contributed by atoms with E-state index in [1.165, 1.54) is 38.8 Å². The highest BCUT2D eigenvalue weighted by atomic mass is 16.6. The Morgan fingerprint density at radius 2 is 1.86 bits per heavy atom. The van der Waals surface area contributed by atoms with Crippen LogP contribution in [0.25, 0.3) is 0 Å². The zero-order chi connectivity index (χ0) is 16.2. The first-order valence-electron chi connectivity index (χ1n) is 8.82. The summed E-state index contributed by atoms with van der Waals surface area (Å²) in [5, 5.41) is 6.72. The van der Waals surface area contributed by atoms with E-state index in [0.29, 0.717) is 12.0 Å². The van der Waals surface area contributed by atoms with Crippen LogP contribution in [-0.4, -0.2) is 54.9 Å². The van der Waals surface area contributed by atoms with Crippen LogP contribution in [0.15, 0.2) is 0 Å². The molecule has 2 aliphatic rings. The number of carbonyl (C=O) groups is 1. The Kier molecular flexibility index (Phi) is 6.09. The first-order chi connectivity index (χ1) is 10.4. The number of rotatable bonds is 6. The fourth-order valence-corrected chi connectivity index (χ4v) is 3.04. The third-order valence-corrected chi connectivity index (χ3v) is 4.55. The number of ether oxygens (including phenoxy) is 1. The van der Waals surface area contributed by atoms with Crippen LogP contribution < -0.4 is 10.6 Å². The van der Waals surface area contributed by atoms with Crippen molar-refractivity contribution in [3.63, 3.8) is 0 Å². The van der Waals surface area contributed by atoms with Crippen LogP contribution in [0.3, 0.4) is 0 Å². The van der Waals surface area contributed by atoms with E-state index in [1.54, 1.807) is 0 Å². The minimum Gasteiger partial charge on any atom is -0.444 e. The standard InChI is InChI=1S/C17H33N3O2/c1-5-20-10-8-14(9-11-20)18-12-15(13-6-7-13)19-16(21)22-17(2,3)4/h13-15,18H,5-12H2,1-4H3,(H,19,21). The molecule has 22 heavy (non-hydrogen) atoms. The van der Waals surface area contributed by atoms with Gasteiger partial charge in [0.05, 0.1) is 0 Å². The number of nitrogens with one attached hydrogen (secondary N) is 2. The molecule has 0 radical (unpaired) electrons. The number of alkyl carbamates (subject to hydrolysis) is 1. The number of hydrogen-bond acceptors (Lipinski definition) is 4. The Morgan fingerprint density at radius 3 is 2.36 bits per heavy atom. The van der Waals surface area contributed by atoms with Crippen LogP contribution in [0.5, 0.6) is 0 Å². The molecule has 0 aromatic heterocycles. The molecule has 1 amide bonds. The van der Waals surface area contributed by atoms with Gasteiger partial charge in [0.25, 0.3) is 0 Å². The van der Waals surface area contributed by atoms with Crippen molar-refractivity contribution in [2.24, 2.45) is 5.92 Å². The molecule has 1 heterocycles. The number of hydrogen-bond donors (Lipinski definition) is 2. The highest BCUT2D eigenvalue weighted by Crippen LogP contribution is 2.32. The molecular weight excluding hydrogens is 278 g/mol. The summed E-state index contributed by atoms with van der Waals surface area (Å²) >= 11 is 0. The molecule has 2 rings (SSSR count). The third kappa shape index (κ3) is 6.13. The van der Waals surface area contributed by atoms with E-state index in [2.05, 4.69) is 22.5 Å². The molecule has 5 nitrogen and oxygen atoms in total. The number of piperidine rings is 1. The Hall–Kier alpha value is -0.810. The highest BCUT2D eigenvalue weighted by Gasteiger charge is 2.33. The Bertz CT molecular complexity index is 355. The SMILES string of the molecule is CCN1CCC(NCC(NC(=O)OC(C)(C)C)C2CC2)CC1. The molecule has 1 saturated heterocycles. The highest BCUT2D eigenvalue weighted by molar-refractivity contribution is 5.68. The molecule has 0 aromatic carbocycles. The summed E-state index contributed by atoms with van der Waals surface area (Å²) in [5.41, 5.74) is -0.432. The molecule has 1 saturated carbocycles. The van der Waals surface area contributed by atoms with Gasteiger partial charge in [0.1, 0.15) is 5.60 Å². The molecule has 1 atom stereocenters. The molecule has 0 spiro atoms. The van der Waals surface area contributed by atoms with E-state index < -0.39 is 5.60 Å². The average Bonchev–Trinajstić information content (AvgIpc) is 3.26. The summed E-state index contributed by atoms with van der Waals surface area (Å²) in [6, 6.07) is 0.795. The lowest BCUT2D eigenvalue weighted by Gasteiger charge is -2.32. The zero-order valence-corrected chi connectivity index (χ0v) is 14.7. The fourth-order valence-electron chi connectivity index (χ4n) is 3.04. The minimum atomic E-state index is -0.432. The Labute approximate surface area is 135 Å². The smallest absolute Gasteiger partial charge is 0.407 e. The van der Waals surface area contributed by atoms with E-state index in [9.17, 15) is 4.79 Å². The topological polar surface area (TPSA) is 53.6 Å². The summed E-state index contributed by atoms with van der Waals surface area (Å²) in [7, 11) is 0. The zero-order valence-electron chi connectivity index (χ0n) is 14.7. The number of nitrogens with zero attached hydrogens (tertiary/aromatic N) is 1. The molecular formula is C17H33N3O2. The van der Waals surface area contributed by atoms with Crippen LogP contribution in [0.2, 0.25) is 0 Å². The van der Waals surface area contributed by atoms with Crippen LogP contribution >= 0.6 is 0 Å². The van der Waals surface area contributed by atoms with Crippen molar-refractivity contribution < 1.29 is 9.53 Å². The van der Waals surface area contributed by atoms with Gasteiger partial charge in [-0.2, -0.15) is 0 Å². The van der Waals surface area contributed by atoms with Crippen LogP contribution in [0.4, 0.5) is 4.79 Å². The molecule has 5 heteroatoms. The second kappa shape index (κ2) is 7.64. The predicted molar refractivity (Wildman–Crippen MR) is 89.0 cm³/mol. The van der Waals surface area contributed by atoms with Gasteiger partial charge in [-0.1, -0.05) is 6.92 Å². The summed E-state index contributed by atoms with van der Waals surface area (Å²) < 4.78 is 5.38. The Balaban J connectivity index is 1.72. The van der Waals surface area contributed by atoms with Crippen molar-refractivity contribution >= 4 is 6.09 Å². The monoisotopic (exact) mass is 311 g/mol. The molecule has 1 aliphatic carbocycles. The van der Waals surface area contributed by atoms with E-state index in [1.807, 2.05) is 20.8 Å². The number of likely N-dealkylation sites (tertiary alicyclic amines) is 1. The molecule has 2 fully saturated rings. The molecule has 1 aliphatic heterocycles. The summed E-state index contributed by atoms with van der Waals surface area (Å²) in [5.74, 6) is 0.621. The van der Waals surface area contributed by atoms with Crippen LogP contribution in [-0.2, 0) is 4.74 Å². The van der Waals surface area contributed by atoms with Crippen molar-refractivity contribution in [3.05, 3.63) is 0 Å². The van der Waals surface area contributed by atoms with Crippen LogP contribution in [0.1, 0.15) is 53.4 Å². The maximum Gasteiger partial charge on any atom is 0.407 e. The third-order valence-electron chi connectivity index (χ3n) is 4.55. The Morgan fingerprint density at radius 1 is 1.23 bits per heavy atom. The van der Waals surface area contributed by atoms with E-state index in [-0.39, 0.29) is 12.1 Å². The maximum absolute atomic E-state index is 12.0. The van der Waals surface area contributed by atoms with Crippen molar-refractivity contribution in [2.45, 2.75) is 71.1 Å². The van der Waals surface area contributed by atoms with Crippen molar-refractivity contribution in [2.75, 3.05) is 26.2 Å². The predicted octanol–water partition coefficient (Wildman–Crippen LogP) is 2.36. The van der Waals surface area contributed by atoms with Gasteiger partial charge in [-0.3, -0.25) is 0 Å².